The van der Waals surface area contributed by atoms with Crippen LogP contribution in [0.25, 0.3) is 0 Å². The van der Waals surface area contributed by atoms with Gasteiger partial charge in [0, 0.05) is 29.8 Å². The van der Waals surface area contributed by atoms with Crippen LogP contribution in [0.5, 0.6) is 0 Å². The van der Waals surface area contributed by atoms with Gasteiger partial charge in [0.15, 0.2) is 0 Å². The lowest BCUT2D eigenvalue weighted by Gasteiger charge is -2.38. The van der Waals surface area contributed by atoms with Crippen LogP contribution in [0.1, 0.15) is 59.3 Å². The van der Waals surface area contributed by atoms with Crippen molar-refractivity contribution in [1.82, 2.24) is 15.1 Å². The fraction of sp³-hybridized carbons (Fsp3) is 0.667. The van der Waals surface area contributed by atoms with E-state index in [-0.39, 0.29) is 36.2 Å². The first-order valence-electron chi connectivity index (χ1n) is 15.9. The van der Waals surface area contributed by atoms with Crippen molar-refractivity contribution in [2.75, 3.05) is 31.5 Å². The highest BCUT2D eigenvalue weighted by Gasteiger charge is 2.72. The number of piperidine rings is 1. The Labute approximate surface area is 266 Å². The predicted octanol–water partition coefficient (Wildman–Crippen LogP) is 4.91. The second-order valence-corrected chi connectivity index (χ2v) is 13.9. The summed E-state index contributed by atoms with van der Waals surface area (Å²) in [5.41, 5.74) is -0.533. The van der Waals surface area contributed by atoms with Crippen molar-refractivity contribution >= 4 is 47.4 Å². The largest absolute Gasteiger partial charge is 0.359 e. The van der Waals surface area contributed by atoms with Gasteiger partial charge in [-0.1, -0.05) is 57.4 Å². The summed E-state index contributed by atoms with van der Waals surface area (Å²) in [7, 11) is 0. The monoisotopic (exact) mass is 632 g/mol. The number of fused-ring (bicyclic) bond motifs is 1. The number of carbonyl (C=O) groups excluding carboxylic acids is 3. The summed E-state index contributed by atoms with van der Waals surface area (Å²) in [5, 5.41) is 6.89. The van der Waals surface area contributed by atoms with Gasteiger partial charge in [0.1, 0.15) is 11.6 Å². The lowest BCUT2D eigenvalue weighted by atomic mass is 9.73. The van der Waals surface area contributed by atoms with Crippen molar-refractivity contribution < 1.29 is 19.1 Å². The van der Waals surface area contributed by atoms with E-state index in [2.05, 4.69) is 36.3 Å². The minimum Gasteiger partial charge on any atom is -0.359 e. The van der Waals surface area contributed by atoms with E-state index < -0.39 is 29.6 Å². The number of hydrogen-bond acceptors (Lipinski definition) is 5. The molecule has 1 aromatic rings. The van der Waals surface area contributed by atoms with Crippen molar-refractivity contribution in [3.8, 4) is 0 Å². The molecule has 0 aromatic heterocycles. The van der Waals surface area contributed by atoms with Gasteiger partial charge in [0.25, 0.3) is 0 Å². The number of carbonyl (C=O) groups is 3. The van der Waals surface area contributed by atoms with E-state index in [0.717, 1.165) is 38.9 Å². The van der Waals surface area contributed by atoms with Crippen molar-refractivity contribution in [2.24, 2.45) is 29.6 Å². The summed E-state index contributed by atoms with van der Waals surface area (Å²) >= 11 is 6.03. The van der Waals surface area contributed by atoms with Gasteiger partial charge >= 0.3 is 0 Å². The number of benzene rings is 1. The molecule has 6 rings (SSSR count). The predicted molar refractivity (Wildman–Crippen MR) is 170 cm³/mol. The Bertz CT molecular complexity index is 1230. The molecule has 4 aliphatic heterocycles. The molecule has 8 nitrogen and oxygen atoms in total. The van der Waals surface area contributed by atoms with Crippen LogP contribution in [0.15, 0.2) is 36.4 Å². The Kier molecular flexibility index (Phi) is 9.81. The average Bonchev–Trinajstić information content (AvgIpc) is 3.60. The summed E-state index contributed by atoms with van der Waals surface area (Å²) in [6, 6.07) is 6.19. The van der Waals surface area contributed by atoms with Crippen LogP contribution in [0.3, 0.4) is 0 Å². The fourth-order valence-electron chi connectivity index (χ4n) is 8.27. The molecule has 1 spiro atoms. The molecule has 7 unspecified atom stereocenters. The lowest BCUT2D eigenvalue weighted by molar-refractivity contribution is -0.141. The van der Waals surface area contributed by atoms with Crippen molar-refractivity contribution in [2.45, 2.75) is 83.1 Å². The average molecular weight is 634 g/mol. The van der Waals surface area contributed by atoms with Crippen molar-refractivity contribution in [3.05, 3.63) is 41.4 Å². The standard InChI is InChI=1S/C33H45ClN4O4.ClH/c1-20-7-5-16-37(19-20)17-6-18-38-29(31(40)36-25-9-4-8-21(2)22(25)3)33-15-14-26(42-33)27(28(33)32(38)41)30(39)35-24-12-10-23(34)11-13-24;/h10-15,20-22,25-29H,4-9,16-19H2,1-3H3,(H,35,39)(H,36,40);1H/t20?,21?,22?,25?,26-,27?,28-,29?,33?;/m0./s1. The molecular weight excluding hydrogens is 587 g/mol. The zero-order valence-electron chi connectivity index (χ0n) is 25.5. The molecule has 4 heterocycles. The van der Waals surface area contributed by atoms with E-state index in [0.29, 0.717) is 35.0 Å². The third-order valence-corrected chi connectivity index (χ3v) is 10.9. The Hall–Kier alpha value is -2.13. The van der Waals surface area contributed by atoms with Crippen LogP contribution in [0.2, 0.25) is 5.02 Å². The number of halogens is 2. The number of anilines is 1. The van der Waals surface area contributed by atoms with Gasteiger partial charge in [-0.05, 0) is 80.8 Å². The minimum atomic E-state index is -1.14. The van der Waals surface area contributed by atoms with E-state index in [9.17, 15) is 14.4 Å². The zero-order chi connectivity index (χ0) is 29.6. The molecule has 5 aliphatic rings. The number of ether oxygens (including phenoxy) is 1. The van der Waals surface area contributed by atoms with E-state index in [4.69, 9.17) is 16.3 Å². The third kappa shape index (κ3) is 6.09. The summed E-state index contributed by atoms with van der Waals surface area (Å²) in [6.45, 7) is 10.2. The molecule has 3 saturated heterocycles. The van der Waals surface area contributed by atoms with Gasteiger partial charge in [0.2, 0.25) is 17.7 Å². The molecule has 1 aromatic carbocycles. The van der Waals surface area contributed by atoms with Gasteiger partial charge in [-0.2, -0.15) is 0 Å². The molecule has 1 aliphatic carbocycles. The normalized spacial score (nSPS) is 36.7. The highest BCUT2D eigenvalue weighted by Crippen LogP contribution is 2.55. The van der Waals surface area contributed by atoms with Gasteiger partial charge < -0.3 is 25.2 Å². The number of nitrogens with zero attached hydrogens (tertiary/aromatic N) is 2. The molecule has 9 atom stereocenters. The van der Waals surface area contributed by atoms with E-state index in [1.54, 1.807) is 29.2 Å². The Morgan fingerprint density at radius 2 is 1.81 bits per heavy atom. The van der Waals surface area contributed by atoms with Crippen LogP contribution in [-0.2, 0) is 19.1 Å². The first-order valence-corrected chi connectivity index (χ1v) is 16.3. The second-order valence-electron chi connectivity index (χ2n) is 13.5. The molecule has 236 valence electrons. The van der Waals surface area contributed by atoms with E-state index in [1.807, 2.05) is 12.2 Å². The number of rotatable bonds is 8. The SMILES string of the molecule is CC1CCCN(CCCN2C(=O)[C@@H]3C(C(=O)Nc4ccc(Cl)cc4)[C@@H]4C=CC3(O4)C2C(=O)NC2CCCC(C)C2C)C1.Cl. The van der Waals surface area contributed by atoms with Gasteiger partial charge in [0.05, 0.1) is 17.9 Å². The van der Waals surface area contributed by atoms with Crippen LogP contribution in [-0.4, -0.2) is 77.5 Å². The molecular formula is C33H46Cl2N4O4. The maximum Gasteiger partial charge on any atom is 0.246 e. The number of nitrogens with one attached hydrogen (secondary N) is 2. The quantitative estimate of drug-likeness (QED) is 0.397. The van der Waals surface area contributed by atoms with Crippen LogP contribution in [0, 0.1) is 29.6 Å². The molecule has 0 radical (unpaired) electrons. The Balaban J connectivity index is 0.00000368. The zero-order valence-corrected chi connectivity index (χ0v) is 27.0. The molecule has 1 saturated carbocycles. The lowest BCUT2D eigenvalue weighted by Crippen LogP contribution is -2.58. The maximum atomic E-state index is 14.3. The molecule has 43 heavy (non-hydrogen) atoms. The molecule has 10 heteroatoms. The molecule has 3 amide bonds. The van der Waals surface area contributed by atoms with E-state index in [1.165, 1.54) is 19.3 Å². The van der Waals surface area contributed by atoms with Crippen LogP contribution >= 0.6 is 24.0 Å². The summed E-state index contributed by atoms with van der Waals surface area (Å²) < 4.78 is 6.53. The number of likely N-dealkylation sites (tertiary alicyclic amines) is 2. The molecule has 2 bridgehead atoms. The molecule has 2 N–H and O–H groups in total. The highest BCUT2D eigenvalue weighted by molar-refractivity contribution is 6.30. The van der Waals surface area contributed by atoms with Gasteiger partial charge in [-0.25, -0.2) is 0 Å². The minimum absolute atomic E-state index is 0. The first-order chi connectivity index (χ1) is 20.2. The Morgan fingerprint density at radius 3 is 2.56 bits per heavy atom. The number of amides is 3. The topological polar surface area (TPSA) is 91.0 Å². The number of hydrogen-bond donors (Lipinski definition) is 2. The van der Waals surface area contributed by atoms with Crippen molar-refractivity contribution in [3.63, 3.8) is 0 Å². The molecule has 4 fully saturated rings. The summed E-state index contributed by atoms with van der Waals surface area (Å²) in [4.78, 5) is 46.3. The third-order valence-electron chi connectivity index (χ3n) is 10.7. The van der Waals surface area contributed by atoms with Gasteiger partial charge in [-0.15, -0.1) is 12.4 Å². The highest BCUT2D eigenvalue weighted by atomic mass is 35.5. The smallest absolute Gasteiger partial charge is 0.246 e. The Morgan fingerprint density at radius 1 is 1.05 bits per heavy atom. The van der Waals surface area contributed by atoms with Crippen LogP contribution in [0.4, 0.5) is 5.69 Å². The first kappa shape index (κ1) is 32.3. The van der Waals surface area contributed by atoms with Crippen molar-refractivity contribution in [1.29, 1.82) is 0 Å². The fourth-order valence-corrected chi connectivity index (χ4v) is 8.39. The maximum absolute atomic E-state index is 14.3. The summed E-state index contributed by atoms with van der Waals surface area (Å²) in [6.07, 6.45) is 9.64. The van der Waals surface area contributed by atoms with E-state index >= 15 is 0 Å². The van der Waals surface area contributed by atoms with Gasteiger partial charge in [-0.3, -0.25) is 14.4 Å². The second kappa shape index (κ2) is 13.1. The summed E-state index contributed by atoms with van der Waals surface area (Å²) in [5.74, 6) is -0.478. The van der Waals surface area contributed by atoms with Crippen LogP contribution < -0.4 is 10.6 Å².